The second-order valence-corrected chi connectivity index (χ2v) is 6.65. The molecule has 0 unspecified atom stereocenters. The molecule has 126 valence electrons. The highest BCUT2D eigenvalue weighted by atomic mass is 32.1. The topological polar surface area (TPSA) is 88.5 Å². The summed E-state index contributed by atoms with van der Waals surface area (Å²) in [6.07, 6.45) is 3.05. The number of carbonyl (C=O) groups excluding carboxylic acids is 1. The zero-order chi connectivity index (χ0) is 17.0. The number of nitrogens with one attached hydrogen (secondary N) is 1. The number of aliphatic carboxylic acids is 1. The Morgan fingerprint density at radius 1 is 1.25 bits per heavy atom. The number of hydrogen-bond donors (Lipinski definition) is 2. The number of aromatic nitrogens is 1. The quantitative estimate of drug-likeness (QED) is 0.866. The molecule has 1 amide bonds. The van der Waals surface area contributed by atoms with Crippen LogP contribution in [0.4, 0.5) is 0 Å². The lowest BCUT2D eigenvalue weighted by molar-refractivity contribution is -0.136. The van der Waals surface area contributed by atoms with E-state index in [1.165, 1.54) is 11.3 Å². The monoisotopic (exact) mass is 346 g/mol. The van der Waals surface area contributed by atoms with Gasteiger partial charge >= 0.3 is 5.97 Å². The van der Waals surface area contributed by atoms with E-state index < -0.39 is 11.5 Å². The van der Waals surface area contributed by atoms with Gasteiger partial charge in [-0.3, -0.25) is 9.59 Å². The summed E-state index contributed by atoms with van der Waals surface area (Å²) in [5.74, 6) is -1.08. The highest BCUT2D eigenvalue weighted by molar-refractivity contribution is 7.09. The fraction of sp³-hybridized carbons (Fsp3) is 0.353. The third-order valence-electron chi connectivity index (χ3n) is 4.11. The van der Waals surface area contributed by atoms with E-state index in [0.29, 0.717) is 37.2 Å². The number of nitrogens with zero attached hydrogens (tertiary/aromatic N) is 1. The number of benzene rings is 1. The van der Waals surface area contributed by atoms with Gasteiger partial charge in [-0.15, -0.1) is 11.3 Å². The number of carbonyl (C=O) groups is 2. The van der Waals surface area contributed by atoms with Crippen molar-refractivity contribution in [3.63, 3.8) is 0 Å². The predicted octanol–water partition coefficient (Wildman–Crippen LogP) is 2.21. The average Bonchev–Trinajstić information content (AvgIpc) is 3.11. The van der Waals surface area contributed by atoms with Crippen LogP contribution in [0.1, 0.15) is 33.8 Å². The van der Waals surface area contributed by atoms with Crippen LogP contribution in [0.15, 0.2) is 35.8 Å². The van der Waals surface area contributed by atoms with E-state index in [1.807, 2.05) is 5.38 Å². The van der Waals surface area contributed by atoms with E-state index in [0.717, 1.165) is 5.01 Å². The maximum atomic E-state index is 12.7. The van der Waals surface area contributed by atoms with E-state index in [9.17, 15) is 9.59 Å². The molecular formula is C17H18N2O4S. The molecule has 6 nitrogen and oxygen atoms in total. The molecule has 0 bridgehead atoms. The van der Waals surface area contributed by atoms with Crippen LogP contribution in [0.5, 0.6) is 0 Å². The number of carboxylic acids is 1. The lowest BCUT2D eigenvalue weighted by Gasteiger charge is -2.36. The van der Waals surface area contributed by atoms with Crippen LogP contribution in [0.25, 0.3) is 0 Å². The van der Waals surface area contributed by atoms with Crippen LogP contribution in [0.2, 0.25) is 0 Å². The summed E-state index contributed by atoms with van der Waals surface area (Å²) in [7, 11) is 0. The van der Waals surface area contributed by atoms with Gasteiger partial charge in [0.2, 0.25) is 0 Å². The Hall–Kier alpha value is -2.25. The second-order valence-electron chi connectivity index (χ2n) is 5.75. The minimum atomic E-state index is -0.892. The Labute approximate surface area is 143 Å². The minimum absolute atomic E-state index is 0.0533. The third kappa shape index (κ3) is 3.63. The van der Waals surface area contributed by atoms with Crippen LogP contribution < -0.4 is 5.32 Å². The summed E-state index contributed by atoms with van der Waals surface area (Å²) < 4.78 is 5.43. The van der Waals surface area contributed by atoms with Crippen molar-refractivity contribution in [2.45, 2.75) is 24.8 Å². The summed E-state index contributed by atoms with van der Waals surface area (Å²) in [5, 5.41) is 14.7. The third-order valence-corrected chi connectivity index (χ3v) is 5.09. The summed E-state index contributed by atoms with van der Waals surface area (Å²) in [6.45, 7) is 1.16. The molecule has 0 atom stereocenters. The summed E-state index contributed by atoms with van der Waals surface area (Å²) >= 11 is 1.53. The van der Waals surface area contributed by atoms with E-state index in [4.69, 9.17) is 9.84 Å². The molecule has 0 radical (unpaired) electrons. The van der Waals surface area contributed by atoms with E-state index in [2.05, 4.69) is 10.3 Å². The molecule has 3 rings (SSSR count). The Bertz CT molecular complexity index is 707. The Balaban J connectivity index is 1.77. The molecule has 2 aromatic rings. The molecule has 0 spiro atoms. The van der Waals surface area contributed by atoms with Crippen molar-refractivity contribution in [2.75, 3.05) is 13.2 Å². The molecule has 1 aliphatic rings. The molecule has 0 aliphatic carbocycles. The summed E-state index contributed by atoms with van der Waals surface area (Å²) in [4.78, 5) is 27.8. The number of ether oxygens (including phenoxy) is 1. The first kappa shape index (κ1) is 16.6. The van der Waals surface area contributed by atoms with E-state index in [-0.39, 0.29) is 12.3 Å². The summed E-state index contributed by atoms with van der Waals surface area (Å²) in [5.41, 5.74) is 0.676. The molecule has 24 heavy (non-hydrogen) atoms. The number of hydrogen-bond acceptors (Lipinski definition) is 5. The lowest BCUT2D eigenvalue weighted by Crippen LogP contribution is -2.49. The lowest BCUT2D eigenvalue weighted by atomic mass is 9.90. The van der Waals surface area contributed by atoms with Crippen LogP contribution in [-0.2, 0) is 21.5 Å². The SMILES string of the molecule is O=C(O)Cc1ccc(C(=O)NC2(c3nccs3)CCOCC2)cc1. The van der Waals surface area contributed by atoms with Crippen LogP contribution in [0, 0.1) is 0 Å². The molecule has 2 N–H and O–H groups in total. The van der Waals surface area contributed by atoms with Crippen molar-refractivity contribution in [1.29, 1.82) is 0 Å². The van der Waals surface area contributed by atoms with Gasteiger partial charge in [0.05, 0.1) is 12.0 Å². The first-order chi connectivity index (χ1) is 11.6. The molecule has 0 saturated carbocycles. The van der Waals surface area contributed by atoms with Gasteiger partial charge in [-0.25, -0.2) is 4.98 Å². The van der Waals surface area contributed by atoms with Crippen molar-refractivity contribution in [3.8, 4) is 0 Å². The van der Waals surface area contributed by atoms with E-state index in [1.54, 1.807) is 30.5 Å². The molecular weight excluding hydrogens is 328 g/mol. The van der Waals surface area contributed by atoms with E-state index >= 15 is 0 Å². The predicted molar refractivity (Wildman–Crippen MR) is 89.1 cm³/mol. The smallest absolute Gasteiger partial charge is 0.307 e. The van der Waals surface area contributed by atoms with Crippen LogP contribution >= 0.6 is 11.3 Å². The second kappa shape index (κ2) is 7.11. The zero-order valence-electron chi connectivity index (χ0n) is 13.0. The standard InChI is InChI=1S/C17H18N2O4S/c20-14(21)11-12-1-3-13(4-2-12)15(22)19-17(5-8-23-9-6-17)16-18-7-10-24-16/h1-4,7,10H,5-6,8-9,11H2,(H,19,22)(H,20,21). The molecule has 1 fully saturated rings. The maximum Gasteiger partial charge on any atom is 0.307 e. The van der Waals surface area contributed by atoms with Crippen LogP contribution in [-0.4, -0.2) is 35.2 Å². The van der Waals surface area contributed by atoms with Gasteiger partial charge < -0.3 is 15.2 Å². The Morgan fingerprint density at radius 3 is 2.54 bits per heavy atom. The largest absolute Gasteiger partial charge is 0.481 e. The number of thiazole rings is 1. The van der Waals surface area contributed by atoms with Crippen molar-refractivity contribution in [2.24, 2.45) is 0 Å². The fourth-order valence-electron chi connectivity index (χ4n) is 2.81. The van der Waals surface area contributed by atoms with Gasteiger partial charge in [-0.05, 0) is 17.7 Å². The van der Waals surface area contributed by atoms with Gasteiger partial charge in [0.15, 0.2) is 0 Å². The zero-order valence-corrected chi connectivity index (χ0v) is 13.8. The van der Waals surface area contributed by atoms with Gasteiger partial charge in [0, 0.05) is 43.2 Å². The van der Waals surface area contributed by atoms with Gasteiger partial charge in [-0.2, -0.15) is 0 Å². The first-order valence-electron chi connectivity index (χ1n) is 7.70. The molecule has 1 saturated heterocycles. The molecule has 1 aromatic heterocycles. The fourth-order valence-corrected chi connectivity index (χ4v) is 3.66. The Morgan fingerprint density at radius 2 is 1.96 bits per heavy atom. The molecule has 2 heterocycles. The minimum Gasteiger partial charge on any atom is -0.481 e. The van der Waals surface area contributed by atoms with Crippen molar-refractivity contribution >= 4 is 23.2 Å². The maximum absolute atomic E-state index is 12.7. The number of carboxylic acid groups (broad SMARTS) is 1. The number of amides is 1. The molecule has 7 heteroatoms. The van der Waals surface area contributed by atoms with Gasteiger partial charge in [0.25, 0.3) is 5.91 Å². The Kier molecular flexibility index (Phi) is 4.92. The van der Waals surface area contributed by atoms with Crippen molar-refractivity contribution in [3.05, 3.63) is 52.0 Å². The first-order valence-corrected chi connectivity index (χ1v) is 8.58. The van der Waals surface area contributed by atoms with Crippen molar-refractivity contribution < 1.29 is 19.4 Å². The van der Waals surface area contributed by atoms with Gasteiger partial charge in [0.1, 0.15) is 5.01 Å². The highest BCUT2D eigenvalue weighted by Crippen LogP contribution is 2.33. The van der Waals surface area contributed by atoms with Gasteiger partial charge in [-0.1, -0.05) is 12.1 Å². The normalized spacial score (nSPS) is 16.5. The van der Waals surface area contributed by atoms with Crippen molar-refractivity contribution in [1.82, 2.24) is 10.3 Å². The van der Waals surface area contributed by atoms with Crippen LogP contribution in [0.3, 0.4) is 0 Å². The molecule has 1 aliphatic heterocycles. The molecule has 1 aromatic carbocycles. The number of rotatable bonds is 5. The average molecular weight is 346 g/mol. The highest BCUT2D eigenvalue weighted by Gasteiger charge is 2.38. The summed E-state index contributed by atoms with van der Waals surface area (Å²) in [6, 6.07) is 6.65.